The van der Waals surface area contributed by atoms with Gasteiger partial charge in [-0.1, -0.05) is 53.2 Å². The highest BCUT2D eigenvalue weighted by atomic mass is 79.9. The van der Waals surface area contributed by atoms with E-state index in [4.69, 9.17) is 4.74 Å². The molecule has 0 aliphatic carbocycles. The molecule has 2 atom stereocenters. The molecule has 0 saturated carbocycles. The van der Waals surface area contributed by atoms with Gasteiger partial charge in [-0.25, -0.2) is 0 Å². The first kappa shape index (κ1) is 22.8. The smallest absolute Gasteiger partial charge is 0.284 e. The molecule has 0 aromatic heterocycles. The number of rotatable bonds is 9. The zero-order chi connectivity index (χ0) is 20.2. The number of nitrogens with one attached hydrogen (secondary N) is 2. The van der Waals surface area contributed by atoms with E-state index in [9.17, 15) is 10.1 Å². The van der Waals surface area contributed by atoms with Crippen LogP contribution in [0.25, 0.3) is 0 Å². The molecule has 152 valence electrons. The van der Waals surface area contributed by atoms with Gasteiger partial charge >= 0.3 is 0 Å². The molecule has 0 bridgehead atoms. The van der Waals surface area contributed by atoms with Crippen LogP contribution in [0.3, 0.4) is 0 Å². The van der Waals surface area contributed by atoms with Crippen molar-refractivity contribution in [1.82, 2.24) is 10.0 Å². The second-order valence-corrected chi connectivity index (χ2v) is 8.19. The van der Waals surface area contributed by atoms with Crippen molar-refractivity contribution in [3.8, 4) is 0 Å². The summed E-state index contributed by atoms with van der Waals surface area (Å²) in [4.78, 5) is 11.2. The molecule has 2 aromatic carbocycles. The molecular formula is C20H26BrN3O3S. The highest BCUT2D eigenvalue weighted by Gasteiger charge is 2.27. The Balaban J connectivity index is 0.000000336. The van der Waals surface area contributed by atoms with Crippen molar-refractivity contribution in [2.75, 3.05) is 19.8 Å². The van der Waals surface area contributed by atoms with Crippen LogP contribution in [0, 0.1) is 10.1 Å². The van der Waals surface area contributed by atoms with Gasteiger partial charge in [0.2, 0.25) is 0 Å². The summed E-state index contributed by atoms with van der Waals surface area (Å²) in [5.74, 6) is 0. The van der Waals surface area contributed by atoms with E-state index < -0.39 is 0 Å². The number of ether oxygens (including phenoxy) is 1. The molecule has 0 spiro atoms. The summed E-state index contributed by atoms with van der Waals surface area (Å²) in [6, 6.07) is 17.6. The maximum Gasteiger partial charge on any atom is 0.284 e. The molecule has 2 N–H and O–H groups in total. The van der Waals surface area contributed by atoms with Crippen LogP contribution < -0.4 is 10.0 Å². The number of nitrogens with zero attached hydrogens (tertiary/aromatic N) is 1. The second-order valence-electron chi connectivity index (χ2n) is 6.34. The number of halogens is 1. The average molecular weight is 468 g/mol. The minimum atomic E-state index is -0.354. The van der Waals surface area contributed by atoms with Gasteiger partial charge in [0.1, 0.15) is 4.90 Å². The van der Waals surface area contributed by atoms with Crippen LogP contribution in [-0.2, 0) is 4.74 Å². The van der Waals surface area contributed by atoms with Crippen molar-refractivity contribution in [2.24, 2.45) is 0 Å². The van der Waals surface area contributed by atoms with E-state index in [1.54, 1.807) is 18.2 Å². The third-order valence-corrected chi connectivity index (χ3v) is 5.42. The third kappa shape index (κ3) is 8.28. The minimum Gasteiger partial charge on any atom is -0.380 e. The van der Waals surface area contributed by atoms with Crippen molar-refractivity contribution >= 4 is 33.6 Å². The van der Waals surface area contributed by atoms with Crippen molar-refractivity contribution in [2.45, 2.75) is 36.7 Å². The average Bonchev–Trinajstić information content (AvgIpc) is 2.67. The molecule has 1 aliphatic heterocycles. The molecule has 1 heterocycles. The third-order valence-electron chi connectivity index (χ3n) is 4.01. The van der Waals surface area contributed by atoms with Gasteiger partial charge in [0.05, 0.1) is 11.5 Å². The van der Waals surface area contributed by atoms with Gasteiger partial charge in [-0.2, -0.15) is 0 Å². The van der Waals surface area contributed by atoms with Crippen LogP contribution >= 0.6 is 27.9 Å². The van der Waals surface area contributed by atoms with Crippen molar-refractivity contribution in [3.05, 3.63) is 69.2 Å². The summed E-state index contributed by atoms with van der Waals surface area (Å²) >= 11 is 4.62. The molecule has 1 saturated heterocycles. The Bertz CT molecular complexity index is 715. The van der Waals surface area contributed by atoms with E-state index in [0.29, 0.717) is 17.0 Å². The summed E-state index contributed by atoms with van der Waals surface area (Å²) in [6.07, 6.45) is 2.12. The Kier molecular flexibility index (Phi) is 10.5. The maximum atomic E-state index is 10.9. The SMILES string of the molecule is Brc1ccccc1.CCCOC[C@@H]1C[C@H](CNSc2ccccc2[N+](=O)[O-])N1. The molecule has 3 rings (SSSR count). The Morgan fingerprint density at radius 3 is 2.50 bits per heavy atom. The summed E-state index contributed by atoms with van der Waals surface area (Å²) in [5, 5.41) is 14.3. The van der Waals surface area contributed by atoms with E-state index in [1.807, 2.05) is 30.3 Å². The van der Waals surface area contributed by atoms with Gasteiger partial charge in [-0.15, -0.1) is 0 Å². The molecule has 1 fully saturated rings. The van der Waals surface area contributed by atoms with E-state index in [2.05, 4.69) is 32.9 Å². The van der Waals surface area contributed by atoms with Crippen LogP contribution in [0.1, 0.15) is 19.8 Å². The van der Waals surface area contributed by atoms with Crippen molar-refractivity contribution < 1.29 is 9.66 Å². The predicted molar refractivity (Wildman–Crippen MR) is 118 cm³/mol. The lowest BCUT2D eigenvalue weighted by Crippen LogP contribution is -2.57. The Morgan fingerprint density at radius 2 is 1.89 bits per heavy atom. The van der Waals surface area contributed by atoms with E-state index in [0.717, 1.165) is 37.1 Å². The number of nitro groups is 1. The summed E-state index contributed by atoms with van der Waals surface area (Å²) < 4.78 is 9.82. The maximum absolute atomic E-state index is 10.9. The van der Waals surface area contributed by atoms with Gasteiger partial charge < -0.3 is 10.1 Å². The van der Waals surface area contributed by atoms with Crippen LogP contribution in [0.2, 0.25) is 0 Å². The number of hydrogen-bond donors (Lipinski definition) is 2. The highest BCUT2D eigenvalue weighted by Crippen LogP contribution is 2.26. The Hall–Kier alpha value is -1.45. The van der Waals surface area contributed by atoms with Gasteiger partial charge in [-0.3, -0.25) is 14.8 Å². The van der Waals surface area contributed by atoms with E-state index in [-0.39, 0.29) is 10.6 Å². The second kappa shape index (κ2) is 12.9. The topological polar surface area (TPSA) is 76.4 Å². The summed E-state index contributed by atoms with van der Waals surface area (Å²) in [5.41, 5.74) is 0.141. The molecule has 0 amide bonds. The fourth-order valence-electron chi connectivity index (χ4n) is 2.61. The molecule has 6 nitrogen and oxygen atoms in total. The minimum absolute atomic E-state index is 0.141. The van der Waals surface area contributed by atoms with Gasteiger partial charge in [0.25, 0.3) is 5.69 Å². The largest absolute Gasteiger partial charge is 0.380 e. The monoisotopic (exact) mass is 467 g/mol. The molecule has 2 aromatic rings. The molecule has 0 unspecified atom stereocenters. The Labute approximate surface area is 178 Å². The number of para-hydroxylation sites is 1. The molecule has 0 radical (unpaired) electrons. The molecule has 8 heteroatoms. The fraction of sp³-hybridized carbons (Fsp3) is 0.400. The van der Waals surface area contributed by atoms with Crippen LogP contribution in [-0.4, -0.2) is 36.8 Å². The molecule has 1 aliphatic rings. The highest BCUT2D eigenvalue weighted by molar-refractivity contribution is 9.10. The van der Waals surface area contributed by atoms with Gasteiger partial charge in [0.15, 0.2) is 0 Å². The first-order valence-electron chi connectivity index (χ1n) is 9.27. The van der Waals surface area contributed by atoms with Crippen molar-refractivity contribution in [1.29, 1.82) is 0 Å². The quantitative estimate of drug-likeness (QED) is 0.238. The molecule has 28 heavy (non-hydrogen) atoms. The first-order valence-corrected chi connectivity index (χ1v) is 10.9. The molecular weight excluding hydrogens is 442 g/mol. The first-order chi connectivity index (χ1) is 13.6. The lowest BCUT2D eigenvalue weighted by Gasteiger charge is -2.37. The zero-order valence-electron chi connectivity index (χ0n) is 15.8. The lowest BCUT2D eigenvalue weighted by atomic mass is 9.98. The standard InChI is InChI=1S/C14H21N3O3S.C6H5Br/c1-2-7-20-10-12-8-11(16-12)9-15-21-14-6-4-3-5-13(14)17(18)19;7-6-4-2-1-3-5-6/h3-6,11-12,15-16H,2,7-10H2,1H3;1-5H/t11-,12+;/m1./s1. The van der Waals surface area contributed by atoms with E-state index in [1.165, 1.54) is 18.0 Å². The normalized spacial score (nSPS) is 17.9. The Morgan fingerprint density at radius 1 is 1.21 bits per heavy atom. The van der Waals surface area contributed by atoms with Crippen LogP contribution in [0.15, 0.2) is 64.0 Å². The lowest BCUT2D eigenvalue weighted by molar-refractivity contribution is -0.387. The van der Waals surface area contributed by atoms with Crippen molar-refractivity contribution in [3.63, 3.8) is 0 Å². The number of nitro benzene ring substituents is 1. The summed E-state index contributed by atoms with van der Waals surface area (Å²) in [6.45, 7) is 4.46. The van der Waals surface area contributed by atoms with Crippen LogP contribution in [0.4, 0.5) is 5.69 Å². The number of hydrogen-bond acceptors (Lipinski definition) is 6. The zero-order valence-corrected chi connectivity index (χ0v) is 18.2. The van der Waals surface area contributed by atoms with Gasteiger partial charge in [-0.05, 0) is 43.0 Å². The number of benzene rings is 2. The fourth-order valence-corrected chi connectivity index (χ4v) is 3.75. The van der Waals surface area contributed by atoms with E-state index >= 15 is 0 Å². The van der Waals surface area contributed by atoms with Crippen LogP contribution in [0.5, 0.6) is 0 Å². The summed E-state index contributed by atoms with van der Waals surface area (Å²) in [7, 11) is 0. The van der Waals surface area contributed by atoms with Gasteiger partial charge in [0, 0.05) is 35.8 Å². The predicted octanol–water partition coefficient (Wildman–Crippen LogP) is 4.80.